The van der Waals surface area contributed by atoms with Gasteiger partial charge >= 0.3 is 5.97 Å². The molecule has 5 heteroatoms. The molecule has 13 heavy (non-hydrogen) atoms. The highest BCUT2D eigenvalue weighted by atomic mass is 79.9. The normalized spacial score (nSPS) is 10.5. The molecule has 2 N–H and O–H groups in total. The average Bonchev–Trinajstić information content (AvgIpc) is 2.53. The van der Waals surface area contributed by atoms with Gasteiger partial charge in [0.25, 0.3) is 0 Å². The summed E-state index contributed by atoms with van der Waals surface area (Å²) in [7, 11) is 0. The number of benzene rings is 1. The molecule has 0 aliphatic heterocycles. The third-order valence-corrected chi connectivity index (χ3v) is 2.40. The van der Waals surface area contributed by atoms with E-state index in [1.54, 1.807) is 6.07 Å². The highest BCUT2D eigenvalue weighted by molar-refractivity contribution is 9.10. The second-order valence-corrected chi connectivity index (χ2v) is 3.38. The van der Waals surface area contributed by atoms with Gasteiger partial charge < -0.3 is 10.1 Å². The quantitative estimate of drug-likeness (QED) is 0.802. The Labute approximate surface area is 81.7 Å². The third-order valence-electron chi connectivity index (χ3n) is 1.76. The van der Waals surface area contributed by atoms with Crippen LogP contribution in [0.3, 0.4) is 0 Å². The summed E-state index contributed by atoms with van der Waals surface area (Å²) in [6.07, 6.45) is 1.47. The van der Waals surface area contributed by atoms with Gasteiger partial charge in [-0.25, -0.2) is 9.78 Å². The Balaban J connectivity index is 2.86. The van der Waals surface area contributed by atoms with E-state index in [4.69, 9.17) is 5.11 Å². The molecule has 2 rings (SSSR count). The van der Waals surface area contributed by atoms with E-state index >= 15 is 0 Å². The van der Waals surface area contributed by atoms with Crippen molar-refractivity contribution in [1.29, 1.82) is 0 Å². The molecule has 0 atom stereocenters. The number of carboxylic acid groups (broad SMARTS) is 1. The zero-order valence-electron chi connectivity index (χ0n) is 6.41. The standard InChI is InChI=1S/C8H5BrN2O2/c9-5-2-1-4(8(12)13)6-7(5)11-3-10-6/h1-3H,(H,10,11)(H,12,13). The van der Waals surface area contributed by atoms with Crippen LogP contribution in [0.15, 0.2) is 22.9 Å². The van der Waals surface area contributed by atoms with Gasteiger partial charge in [0.2, 0.25) is 0 Å². The number of H-pyrrole nitrogens is 1. The van der Waals surface area contributed by atoms with Gasteiger partial charge in [0.05, 0.1) is 17.4 Å². The van der Waals surface area contributed by atoms with Gasteiger partial charge in [-0.2, -0.15) is 0 Å². The maximum atomic E-state index is 10.8. The lowest BCUT2D eigenvalue weighted by Gasteiger charge is -1.97. The maximum Gasteiger partial charge on any atom is 0.337 e. The second kappa shape index (κ2) is 2.85. The predicted molar refractivity (Wildman–Crippen MR) is 50.8 cm³/mol. The highest BCUT2D eigenvalue weighted by Crippen LogP contribution is 2.23. The topological polar surface area (TPSA) is 66.0 Å². The van der Waals surface area contributed by atoms with Crippen molar-refractivity contribution in [3.8, 4) is 0 Å². The van der Waals surface area contributed by atoms with Crippen LogP contribution < -0.4 is 0 Å². The van der Waals surface area contributed by atoms with Crippen LogP contribution >= 0.6 is 15.9 Å². The van der Waals surface area contributed by atoms with Crippen LogP contribution in [0, 0.1) is 0 Å². The molecule has 0 aliphatic rings. The zero-order chi connectivity index (χ0) is 9.42. The van der Waals surface area contributed by atoms with E-state index < -0.39 is 5.97 Å². The van der Waals surface area contributed by atoms with E-state index in [0.29, 0.717) is 11.0 Å². The van der Waals surface area contributed by atoms with Crippen molar-refractivity contribution < 1.29 is 9.90 Å². The maximum absolute atomic E-state index is 10.8. The van der Waals surface area contributed by atoms with Crippen molar-refractivity contribution in [3.63, 3.8) is 0 Å². The summed E-state index contributed by atoms with van der Waals surface area (Å²) in [4.78, 5) is 17.5. The van der Waals surface area contributed by atoms with Crippen LogP contribution in [0.2, 0.25) is 0 Å². The minimum Gasteiger partial charge on any atom is -0.478 e. The number of hydrogen-bond donors (Lipinski definition) is 2. The fourth-order valence-corrected chi connectivity index (χ4v) is 1.61. The number of nitrogens with one attached hydrogen (secondary N) is 1. The number of halogens is 1. The van der Waals surface area contributed by atoms with Gasteiger partial charge in [-0.15, -0.1) is 0 Å². The SMILES string of the molecule is O=C(O)c1ccc(Br)c2nc[nH]c12. The van der Waals surface area contributed by atoms with Crippen LogP contribution in [0.25, 0.3) is 11.0 Å². The molecule has 0 unspecified atom stereocenters. The number of nitrogens with zero attached hydrogens (tertiary/aromatic N) is 1. The van der Waals surface area contributed by atoms with Gasteiger partial charge in [0.1, 0.15) is 5.52 Å². The predicted octanol–water partition coefficient (Wildman–Crippen LogP) is 2.02. The first-order chi connectivity index (χ1) is 6.20. The minimum atomic E-state index is -0.957. The van der Waals surface area contributed by atoms with Gasteiger partial charge in [-0.05, 0) is 28.1 Å². The van der Waals surface area contributed by atoms with E-state index in [9.17, 15) is 4.79 Å². The van der Waals surface area contributed by atoms with Crippen molar-refractivity contribution in [2.45, 2.75) is 0 Å². The molecule has 4 nitrogen and oxygen atoms in total. The molecule has 0 radical (unpaired) electrons. The number of carboxylic acids is 1. The summed E-state index contributed by atoms with van der Waals surface area (Å²) in [5.41, 5.74) is 1.41. The first-order valence-electron chi connectivity index (χ1n) is 3.55. The number of carbonyl (C=O) groups is 1. The van der Waals surface area contributed by atoms with Crippen molar-refractivity contribution in [3.05, 3.63) is 28.5 Å². The summed E-state index contributed by atoms with van der Waals surface area (Å²) < 4.78 is 0.786. The molecule has 1 aromatic heterocycles. The van der Waals surface area contributed by atoms with Crippen molar-refractivity contribution in [2.24, 2.45) is 0 Å². The first-order valence-corrected chi connectivity index (χ1v) is 4.34. The minimum absolute atomic E-state index is 0.232. The Morgan fingerprint density at radius 1 is 1.54 bits per heavy atom. The Morgan fingerprint density at radius 2 is 2.31 bits per heavy atom. The summed E-state index contributed by atoms with van der Waals surface area (Å²) in [5, 5.41) is 8.83. The van der Waals surface area contributed by atoms with E-state index in [1.807, 2.05) is 0 Å². The Kier molecular flexibility index (Phi) is 1.81. The highest BCUT2D eigenvalue weighted by Gasteiger charge is 2.11. The molecule has 0 bridgehead atoms. The lowest BCUT2D eigenvalue weighted by atomic mass is 10.2. The zero-order valence-corrected chi connectivity index (χ0v) is 8.00. The largest absolute Gasteiger partial charge is 0.478 e. The summed E-state index contributed by atoms with van der Waals surface area (Å²) in [5.74, 6) is -0.957. The fourth-order valence-electron chi connectivity index (χ4n) is 1.18. The molecule has 2 aromatic rings. The molecule has 1 aromatic carbocycles. The molecule has 0 fully saturated rings. The van der Waals surface area contributed by atoms with Gasteiger partial charge in [-0.3, -0.25) is 0 Å². The summed E-state index contributed by atoms with van der Waals surface area (Å²) in [6.45, 7) is 0. The number of aromatic carboxylic acids is 1. The third kappa shape index (κ3) is 1.21. The lowest BCUT2D eigenvalue weighted by molar-refractivity contribution is 0.0699. The molecule has 0 saturated carbocycles. The van der Waals surface area contributed by atoms with E-state index in [2.05, 4.69) is 25.9 Å². The monoisotopic (exact) mass is 240 g/mol. The van der Waals surface area contributed by atoms with E-state index in [0.717, 1.165) is 4.47 Å². The Bertz CT molecular complexity index is 478. The number of aromatic nitrogens is 2. The van der Waals surface area contributed by atoms with E-state index in [-0.39, 0.29) is 5.56 Å². The lowest BCUT2D eigenvalue weighted by Crippen LogP contribution is -1.97. The number of rotatable bonds is 1. The molecule has 0 aliphatic carbocycles. The molecule has 0 saturated heterocycles. The number of fused-ring (bicyclic) bond motifs is 1. The van der Waals surface area contributed by atoms with Crippen LogP contribution in [0.5, 0.6) is 0 Å². The van der Waals surface area contributed by atoms with Crippen molar-refractivity contribution in [2.75, 3.05) is 0 Å². The molecule has 66 valence electrons. The number of hydrogen-bond acceptors (Lipinski definition) is 2. The second-order valence-electron chi connectivity index (χ2n) is 2.53. The Hall–Kier alpha value is -1.36. The summed E-state index contributed by atoms with van der Waals surface area (Å²) in [6, 6.07) is 3.21. The number of imidazole rings is 1. The fraction of sp³-hybridized carbons (Fsp3) is 0. The van der Waals surface area contributed by atoms with Crippen molar-refractivity contribution >= 4 is 32.9 Å². The molecular weight excluding hydrogens is 236 g/mol. The smallest absolute Gasteiger partial charge is 0.337 e. The molecule has 1 heterocycles. The van der Waals surface area contributed by atoms with Crippen LogP contribution in [0.1, 0.15) is 10.4 Å². The van der Waals surface area contributed by atoms with Crippen LogP contribution in [-0.2, 0) is 0 Å². The van der Waals surface area contributed by atoms with Gasteiger partial charge in [0, 0.05) is 4.47 Å². The molecule has 0 amide bonds. The first kappa shape index (κ1) is 8.25. The van der Waals surface area contributed by atoms with Crippen LogP contribution in [-0.4, -0.2) is 21.0 Å². The van der Waals surface area contributed by atoms with Crippen molar-refractivity contribution in [1.82, 2.24) is 9.97 Å². The molecular formula is C8H5BrN2O2. The van der Waals surface area contributed by atoms with Crippen LogP contribution in [0.4, 0.5) is 0 Å². The van der Waals surface area contributed by atoms with Gasteiger partial charge in [-0.1, -0.05) is 0 Å². The summed E-state index contributed by atoms with van der Waals surface area (Å²) >= 11 is 3.28. The Morgan fingerprint density at radius 3 is 3.00 bits per heavy atom. The van der Waals surface area contributed by atoms with Gasteiger partial charge in [0.15, 0.2) is 0 Å². The number of aromatic amines is 1. The molecule has 0 spiro atoms. The van der Waals surface area contributed by atoms with E-state index in [1.165, 1.54) is 12.4 Å². The average molecular weight is 241 g/mol.